The number of benzene rings is 1. The van der Waals surface area contributed by atoms with Gasteiger partial charge in [0.05, 0.1) is 13.2 Å². The van der Waals surface area contributed by atoms with Gasteiger partial charge in [0, 0.05) is 38.3 Å². The molecule has 0 radical (unpaired) electrons. The molecule has 1 aromatic carbocycles. The van der Waals surface area contributed by atoms with Gasteiger partial charge in [0.1, 0.15) is 0 Å². The van der Waals surface area contributed by atoms with Gasteiger partial charge in [0.25, 0.3) is 0 Å². The van der Waals surface area contributed by atoms with Gasteiger partial charge >= 0.3 is 0 Å². The van der Waals surface area contributed by atoms with E-state index >= 15 is 0 Å². The number of carbonyl (C=O) groups is 1. The fourth-order valence-corrected chi connectivity index (χ4v) is 4.92. The van der Waals surface area contributed by atoms with Crippen molar-refractivity contribution in [2.75, 3.05) is 38.3 Å². The maximum absolute atomic E-state index is 12.9. The van der Waals surface area contributed by atoms with Gasteiger partial charge in [0.2, 0.25) is 5.91 Å². The molecule has 0 spiro atoms. The molecule has 1 heterocycles. The maximum atomic E-state index is 12.9. The molecule has 1 aromatic rings. The van der Waals surface area contributed by atoms with E-state index in [0.29, 0.717) is 18.4 Å². The van der Waals surface area contributed by atoms with E-state index in [0.717, 1.165) is 38.6 Å². The van der Waals surface area contributed by atoms with E-state index < -0.39 is 0 Å². The Labute approximate surface area is 144 Å². The molecule has 0 aromatic heterocycles. The molecule has 3 aliphatic rings. The van der Waals surface area contributed by atoms with Crippen molar-refractivity contribution >= 4 is 11.6 Å². The fourth-order valence-electron chi connectivity index (χ4n) is 4.92. The lowest BCUT2D eigenvalue weighted by Crippen LogP contribution is -2.38. The normalized spacial score (nSPS) is 29.0. The minimum atomic E-state index is 0.282. The Hall–Kier alpha value is -1.55. The van der Waals surface area contributed by atoms with Gasteiger partial charge in [-0.2, -0.15) is 0 Å². The van der Waals surface area contributed by atoms with E-state index in [4.69, 9.17) is 4.74 Å². The maximum Gasteiger partial charge on any atom is 0.226 e. The summed E-state index contributed by atoms with van der Waals surface area (Å²) < 4.78 is 5.47. The molecule has 4 heteroatoms. The molecule has 1 amide bonds. The highest BCUT2D eigenvalue weighted by Crippen LogP contribution is 2.48. The van der Waals surface area contributed by atoms with Gasteiger partial charge in [-0.25, -0.2) is 0 Å². The van der Waals surface area contributed by atoms with Crippen LogP contribution < -0.4 is 4.90 Å². The molecule has 0 unspecified atom stereocenters. The molecule has 0 N–H and O–H groups in total. The number of fused-ring (bicyclic) bond motifs is 2. The van der Waals surface area contributed by atoms with Crippen molar-refractivity contribution in [1.29, 1.82) is 0 Å². The van der Waals surface area contributed by atoms with Crippen molar-refractivity contribution in [2.45, 2.75) is 32.2 Å². The number of morpholine rings is 1. The number of amides is 1. The minimum Gasteiger partial charge on any atom is -0.378 e. The number of carbonyl (C=O) groups excluding carboxylic acids is 1. The van der Waals surface area contributed by atoms with Gasteiger partial charge in [-0.3, -0.25) is 4.79 Å². The lowest BCUT2D eigenvalue weighted by atomic mass is 9.88. The first-order valence-corrected chi connectivity index (χ1v) is 9.38. The highest BCUT2D eigenvalue weighted by molar-refractivity contribution is 5.79. The lowest BCUT2D eigenvalue weighted by Gasteiger charge is -2.32. The van der Waals surface area contributed by atoms with Crippen LogP contribution in [0.5, 0.6) is 0 Å². The standard InChI is InChI=1S/C20H28N2O2/c1-21(20(23)18-13-15-6-7-16(18)12-15)14-17-4-2-3-5-19(17)22-8-10-24-11-9-22/h2-5,15-16,18H,6-14H2,1H3/t15-,16-,18+/m0/s1. The summed E-state index contributed by atoms with van der Waals surface area (Å²) in [4.78, 5) is 17.3. The Bertz CT molecular complexity index is 597. The Morgan fingerprint density at radius 3 is 2.71 bits per heavy atom. The molecule has 2 bridgehead atoms. The second-order valence-electron chi connectivity index (χ2n) is 7.70. The van der Waals surface area contributed by atoms with Gasteiger partial charge in [-0.15, -0.1) is 0 Å². The van der Waals surface area contributed by atoms with E-state index in [-0.39, 0.29) is 5.92 Å². The zero-order valence-corrected chi connectivity index (χ0v) is 14.6. The Kier molecular flexibility index (Phi) is 4.49. The van der Waals surface area contributed by atoms with Crippen molar-refractivity contribution in [3.63, 3.8) is 0 Å². The summed E-state index contributed by atoms with van der Waals surface area (Å²) in [6, 6.07) is 8.51. The molecule has 24 heavy (non-hydrogen) atoms. The monoisotopic (exact) mass is 328 g/mol. The zero-order valence-electron chi connectivity index (χ0n) is 14.6. The Balaban J connectivity index is 1.45. The fraction of sp³-hybridized carbons (Fsp3) is 0.650. The molecular weight excluding hydrogens is 300 g/mol. The molecular formula is C20H28N2O2. The van der Waals surface area contributed by atoms with Gasteiger partial charge < -0.3 is 14.5 Å². The summed E-state index contributed by atoms with van der Waals surface area (Å²) in [5.41, 5.74) is 2.51. The topological polar surface area (TPSA) is 32.8 Å². The van der Waals surface area contributed by atoms with E-state index in [1.54, 1.807) is 0 Å². The van der Waals surface area contributed by atoms with Crippen LogP contribution in [0.3, 0.4) is 0 Å². The first-order chi connectivity index (χ1) is 11.7. The van der Waals surface area contributed by atoms with Gasteiger partial charge in [0.15, 0.2) is 0 Å². The van der Waals surface area contributed by atoms with Crippen LogP contribution >= 0.6 is 0 Å². The molecule has 3 fully saturated rings. The predicted molar refractivity (Wildman–Crippen MR) is 94.9 cm³/mol. The SMILES string of the molecule is CN(Cc1ccccc1N1CCOCC1)C(=O)[C@@H]1C[C@H]2CC[C@H]1C2. The van der Waals surface area contributed by atoms with Crippen LogP contribution in [0.1, 0.15) is 31.2 Å². The molecule has 1 saturated heterocycles. The third-order valence-corrected chi connectivity index (χ3v) is 6.18. The van der Waals surface area contributed by atoms with Crippen LogP contribution in [0.2, 0.25) is 0 Å². The summed E-state index contributed by atoms with van der Waals surface area (Å²) in [6.45, 7) is 4.14. The highest BCUT2D eigenvalue weighted by Gasteiger charge is 2.43. The lowest BCUT2D eigenvalue weighted by molar-refractivity contribution is -0.136. The average molecular weight is 328 g/mol. The van der Waals surface area contributed by atoms with Gasteiger partial charge in [-0.05, 0) is 42.7 Å². The summed E-state index contributed by atoms with van der Waals surface area (Å²) in [6.07, 6.45) is 5.02. The van der Waals surface area contributed by atoms with E-state index in [1.165, 1.54) is 30.5 Å². The molecule has 2 saturated carbocycles. The molecule has 4 rings (SSSR count). The van der Waals surface area contributed by atoms with Crippen molar-refractivity contribution in [3.8, 4) is 0 Å². The summed E-state index contributed by atoms with van der Waals surface area (Å²) in [7, 11) is 1.98. The second-order valence-corrected chi connectivity index (χ2v) is 7.70. The number of rotatable bonds is 4. The van der Waals surface area contributed by atoms with E-state index in [2.05, 4.69) is 29.2 Å². The number of ether oxygens (including phenoxy) is 1. The Morgan fingerprint density at radius 2 is 2.00 bits per heavy atom. The number of hydrogen-bond donors (Lipinski definition) is 0. The third-order valence-electron chi connectivity index (χ3n) is 6.18. The first kappa shape index (κ1) is 15.9. The Morgan fingerprint density at radius 1 is 1.21 bits per heavy atom. The second kappa shape index (κ2) is 6.75. The van der Waals surface area contributed by atoms with Crippen LogP contribution in [-0.4, -0.2) is 44.2 Å². The average Bonchev–Trinajstić information content (AvgIpc) is 3.25. The van der Waals surface area contributed by atoms with Crippen molar-refractivity contribution in [2.24, 2.45) is 17.8 Å². The van der Waals surface area contributed by atoms with Crippen LogP contribution in [-0.2, 0) is 16.1 Å². The van der Waals surface area contributed by atoms with Crippen LogP contribution in [0.25, 0.3) is 0 Å². The molecule has 3 atom stereocenters. The van der Waals surface area contributed by atoms with Crippen LogP contribution in [0.4, 0.5) is 5.69 Å². The smallest absolute Gasteiger partial charge is 0.226 e. The largest absolute Gasteiger partial charge is 0.378 e. The van der Waals surface area contributed by atoms with Crippen LogP contribution in [0, 0.1) is 17.8 Å². The highest BCUT2D eigenvalue weighted by atomic mass is 16.5. The van der Waals surface area contributed by atoms with Gasteiger partial charge in [-0.1, -0.05) is 24.6 Å². The number of nitrogens with zero attached hydrogens (tertiary/aromatic N) is 2. The van der Waals surface area contributed by atoms with E-state index in [1.807, 2.05) is 11.9 Å². The quantitative estimate of drug-likeness (QED) is 0.852. The van der Waals surface area contributed by atoms with Crippen molar-refractivity contribution in [3.05, 3.63) is 29.8 Å². The van der Waals surface area contributed by atoms with Crippen molar-refractivity contribution in [1.82, 2.24) is 4.90 Å². The molecule has 4 nitrogen and oxygen atoms in total. The summed E-state index contributed by atoms with van der Waals surface area (Å²) in [5, 5.41) is 0. The predicted octanol–water partition coefficient (Wildman–Crippen LogP) is 2.92. The first-order valence-electron chi connectivity index (χ1n) is 9.38. The molecule has 1 aliphatic heterocycles. The van der Waals surface area contributed by atoms with Crippen molar-refractivity contribution < 1.29 is 9.53 Å². The number of anilines is 1. The van der Waals surface area contributed by atoms with E-state index in [9.17, 15) is 4.79 Å². The summed E-state index contributed by atoms with van der Waals surface area (Å²) >= 11 is 0. The molecule has 2 aliphatic carbocycles. The molecule has 130 valence electrons. The number of hydrogen-bond acceptors (Lipinski definition) is 3. The third kappa shape index (κ3) is 3.04. The minimum absolute atomic E-state index is 0.282. The summed E-state index contributed by atoms with van der Waals surface area (Å²) in [5.74, 6) is 2.11. The zero-order chi connectivity index (χ0) is 16.5. The van der Waals surface area contributed by atoms with Crippen LogP contribution in [0.15, 0.2) is 24.3 Å². The number of para-hydroxylation sites is 1.